The normalized spacial score (nSPS) is 11.9. The lowest BCUT2D eigenvalue weighted by molar-refractivity contribution is -0.385. The van der Waals surface area contributed by atoms with Crippen molar-refractivity contribution in [3.8, 4) is 0 Å². The lowest BCUT2D eigenvalue weighted by Gasteiger charge is -2.16. The van der Waals surface area contributed by atoms with Crippen LogP contribution in [-0.4, -0.2) is 31.3 Å². The number of nitro groups is 1. The summed E-state index contributed by atoms with van der Waals surface area (Å²) >= 11 is 0. The fourth-order valence-electron chi connectivity index (χ4n) is 3.35. The van der Waals surface area contributed by atoms with E-state index in [-0.39, 0.29) is 21.8 Å². The number of para-hydroxylation sites is 1. The SMILES string of the molecule is Cc1cccc(NC(=O)[C@H](C)OC(=O)c2ccccc2NS(=O)(=O)c2cc(C)c(C)c([N+](=O)[O-])c2)c1. The van der Waals surface area contributed by atoms with Crippen molar-refractivity contribution in [3.63, 3.8) is 0 Å². The van der Waals surface area contributed by atoms with Crippen LogP contribution in [0.2, 0.25) is 0 Å². The maximum absolute atomic E-state index is 13.0. The molecule has 0 saturated carbocycles. The minimum absolute atomic E-state index is 0.102. The van der Waals surface area contributed by atoms with E-state index < -0.39 is 32.9 Å². The van der Waals surface area contributed by atoms with Gasteiger partial charge in [-0.1, -0.05) is 24.3 Å². The smallest absolute Gasteiger partial charge is 0.341 e. The van der Waals surface area contributed by atoms with E-state index in [2.05, 4.69) is 10.0 Å². The van der Waals surface area contributed by atoms with Crippen LogP contribution in [0.15, 0.2) is 65.6 Å². The molecular formula is C25H25N3O7S. The van der Waals surface area contributed by atoms with Crippen molar-refractivity contribution < 1.29 is 27.7 Å². The number of esters is 1. The van der Waals surface area contributed by atoms with Crippen molar-refractivity contribution in [1.82, 2.24) is 0 Å². The second-order valence-electron chi connectivity index (χ2n) is 8.20. The van der Waals surface area contributed by atoms with E-state index in [1.165, 1.54) is 44.2 Å². The summed E-state index contributed by atoms with van der Waals surface area (Å²) in [5.74, 6) is -1.49. The maximum atomic E-state index is 13.0. The third-order valence-corrected chi connectivity index (χ3v) is 6.80. The first-order valence-electron chi connectivity index (χ1n) is 10.8. The minimum atomic E-state index is -4.30. The molecule has 0 aliphatic heterocycles. The molecule has 36 heavy (non-hydrogen) atoms. The number of carbonyl (C=O) groups excluding carboxylic acids is 2. The van der Waals surface area contributed by atoms with E-state index in [0.29, 0.717) is 16.8 Å². The molecule has 3 aromatic rings. The van der Waals surface area contributed by atoms with Gasteiger partial charge in [0.15, 0.2) is 6.10 Å². The summed E-state index contributed by atoms with van der Waals surface area (Å²) in [5.41, 5.74) is 1.68. The Bertz CT molecular complexity index is 1450. The van der Waals surface area contributed by atoms with E-state index >= 15 is 0 Å². The van der Waals surface area contributed by atoms with Gasteiger partial charge in [-0.05, 0) is 69.2 Å². The molecule has 0 radical (unpaired) electrons. The number of amides is 1. The number of benzene rings is 3. The first-order valence-corrected chi connectivity index (χ1v) is 12.3. The summed E-state index contributed by atoms with van der Waals surface area (Å²) in [5, 5.41) is 14.0. The predicted molar refractivity (Wildman–Crippen MR) is 135 cm³/mol. The van der Waals surface area contributed by atoms with Gasteiger partial charge in [0.2, 0.25) is 0 Å². The van der Waals surface area contributed by atoms with Crippen molar-refractivity contribution in [1.29, 1.82) is 0 Å². The van der Waals surface area contributed by atoms with Gasteiger partial charge in [0, 0.05) is 17.3 Å². The predicted octanol–water partition coefficient (Wildman–Crippen LogP) is 4.50. The third-order valence-electron chi connectivity index (χ3n) is 5.45. The van der Waals surface area contributed by atoms with Gasteiger partial charge in [-0.15, -0.1) is 0 Å². The fourth-order valence-corrected chi connectivity index (χ4v) is 4.54. The molecular weight excluding hydrogens is 486 g/mol. The quantitative estimate of drug-likeness (QED) is 0.257. The van der Waals surface area contributed by atoms with Crippen LogP contribution in [0.3, 0.4) is 0 Å². The summed E-state index contributed by atoms with van der Waals surface area (Å²) in [6, 6.07) is 15.1. The molecule has 0 unspecified atom stereocenters. The van der Waals surface area contributed by atoms with Crippen molar-refractivity contribution in [2.45, 2.75) is 38.7 Å². The van der Waals surface area contributed by atoms with Gasteiger partial charge in [0.1, 0.15) is 0 Å². The average molecular weight is 512 g/mol. The van der Waals surface area contributed by atoms with Gasteiger partial charge in [-0.25, -0.2) is 13.2 Å². The van der Waals surface area contributed by atoms with Crippen molar-refractivity contribution in [2.24, 2.45) is 0 Å². The lowest BCUT2D eigenvalue weighted by atomic mass is 10.1. The van der Waals surface area contributed by atoms with Crippen molar-refractivity contribution >= 4 is 39.0 Å². The van der Waals surface area contributed by atoms with Crippen LogP contribution in [0.5, 0.6) is 0 Å². The van der Waals surface area contributed by atoms with Gasteiger partial charge in [-0.2, -0.15) is 0 Å². The number of hydrogen-bond donors (Lipinski definition) is 2. The molecule has 0 aliphatic rings. The molecule has 0 heterocycles. The number of hydrogen-bond acceptors (Lipinski definition) is 7. The topological polar surface area (TPSA) is 145 Å². The summed E-state index contributed by atoms with van der Waals surface area (Å²) in [6.45, 7) is 6.35. The molecule has 0 aliphatic carbocycles. The fraction of sp³-hybridized carbons (Fsp3) is 0.200. The minimum Gasteiger partial charge on any atom is -0.449 e. The number of carbonyl (C=O) groups is 2. The third kappa shape index (κ3) is 6.05. The molecule has 0 aromatic heterocycles. The molecule has 1 atom stereocenters. The van der Waals surface area contributed by atoms with Crippen LogP contribution in [0, 0.1) is 30.9 Å². The molecule has 3 aromatic carbocycles. The van der Waals surface area contributed by atoms with Gasteiger partial charge < -0.3 is 10.1 Å². The second kappa shape index (κ2) is 10.6. The zero-order chi connectivity index (χ0) is 26.6. The molecule has 10 nitrogen and oxygen atoms in total. The standard InChI is InChI=1S/C25H25N3O7S/c1-15-8-7-9-19(12-15)26-24(29)18(4)35-25(30)21-10-5-6-11-22(21)27-36(33,34)20-13-16(2)17(3)23(14-20)28(31)32/h5-14,18,27H,1-4H3,(H,26,29)/t18-/m0/s1. The molecule has 3 rings (SSSR count). The van der Waals surface area contributed by atoms with Crippen LogP contribution in [0.25, 0.3) is 0 Å². The van der Waals surface area contributed by atoms with Crippen molar-refractivity contribution in [2.75, 3.05) is 10.0 Å². The highest BCUT2D eigenvalue weighted by Crippen LogP contribution is 2.28. The molecule has 2 N–H and O–H groups in total. The highest BCUT2D eigenvalue weighted by atomic mass is 32.2. The Morgan fingerprint density at radius 1 is 1.00 bits per heavy atom. The summed E-state index contributed by atoms with van der Waals surface area (Å²) < 4.78 is 33.6. The van der Waals surface area contributed by atoms with E-state index in [9.17, 15) is 28.1 Å². The largest absolute Gasteiger partial charge is 0.449 e. The molecule has 1 amide bonds. The van der Waals surface area contributed by atoms with Gasteiger partial charge in [0.05, 0.1) is 21.1 Å². The maximum Gasteiger partial charge on any atom is 0.341 e. The van der Waals surface area contributed by atoms with Gasteiger partial charge in [-0.3, -0.25) is 19.6 Å². The molecule has 0 saturated heterocycles. The zero-order valence-electron chi connectivity index (χ0n) is 20.1. The first-order chi connectivity index (χ1) is 16.9. The monoisotopic (exact) mass is 511 g/mol. The Morgan fingerprint density at radius 3 is 2.36 bits per heavy atom. The Labute approximate surface area is 208 Å². The second-order valence-corrected chi connectivity index (χ2v) is 9.88. The summed E-state index contributed by atoms with van der Waals surface area (Å²) in [4.78, 5) is 35.7. The van der Waals surface area contributed by atoms with Crippen LogP contribution >= 0.6 is 0 Å². The Balaban J connectivity index is 1.81. The summed E-state index contributed by atoms with van der Waals surface area (Å²) in [6.07, 6.45) is -1.18. The van der Waals surface area contributed by atoms with Crippen LogP contribution in [-0.2, 0) is 19.6 Å². The Hall–Kier alpha value is -4.25. The van der Waals surface area contributed by atoms with E-state index in [4.69, 9.17) is 4.74 Å². The molecule has 11 heteroatoms. The van der Waals surface area contributed by atoms with Crippen LogP contribution in [0.1, 0.15) is 34.0 Å². The van der Waals surface area contributed by atoms with Crippen molar-refractivity contribution in [3.05, 3.63) is 93.0 Å². The molecule has 0 spiro atoms. The highest BCUT2D eigenvalue weighted by molar-refractivity contribution is 7.92. The Kier molecular flexibility index (Phi) is 7.74. The first kappa shape index (κ1) is 26.4. The van der Waals surface area contributed by atoms with Crippen LogP contribution in [0.4, 0.5) is 17.1 Å². The number of aryl methyl sites for hydroxylation is 2. The van der Waals surface area contributed by atoms with E-state index in [0.717, 1.165) is 11.6 Å². The number of nitro benzene ring substituents is 1. The molecule has 0 bridgehead atoms. The number of sulfonamides is 1. The lowest BCUT2D eigenvalue weighted by Crippen LogP contribution is -2.30. The number of rotatable bonds is 8. The number of nitrogens with one attached hydrogen (secondary N) is 2. The highest BCUT2D eigenvalue weighted by Gasteiger charge is 2.25. The summed E-state index contributed by atoms with van der Waals surface area (Å²) in [7, 11) is -4.30. The van der Waals surface area contributed by atoms with Gasteiger partial charge >= 0.3 is 5.97 Å². The van der Waals surface area contributed by atoms with Crippen LogP contribution < -0.4 is 10.0 Å². The van der Waals surface area contributed by atoms with E-state index in [1.54, 1.807) is 25.1 Å². The number of anilines is 2. The average Bonchev–Trinajstić information content (AvgIpc) is 2.80. The molecule has 188 valence electrons. The zero-order valence-corrected chi connectivity index (χ0v) is 20.9. The van der Waals surface area contributed by atoms with Gasteiger partial charge in [0.25, 0.3) is 21.6 Å². The number of nitrogens with zero attached hydrogens (tertiary/aromatic N) is 1. The number of ether oxygens (including phenoxy) is 1. The molecule has 0 fully saturated rings. The Morgan fingerprint density at radius 2 is 1.69 bits per heavy atom. The van der Waals surface area contributed by atoms with E-state index in [1.807, 2.05) is 13.0 Å².